The fourth-order valence-corrected chi connectivity index (χ4v) is 4.36. The van der Waals surface area contributed by atoms with Gasteiger partial charge in [-0.2, -0.15) is 0 Å². The number of Topliss-reactive ketones (excluding diaryl/α,β-unsaturated/α-hetero) is 1. The van der Waals surface area contributed by atoms with E-state index in [0.29, 0.717) is 0 Å². The summed E-state index contributed by atoms with van der Waals surface area (Å²) < 4.78 is 38.2. The van der Waals surface area contributed by atoms with Gasteiger partial charge in [0, 0.05) is 17.8 Å². The van der Waals surface area contributed by atoms with E-state index in [1.807, 2.05) is 0 Å². The Morgan fingerprint density at radius 2 is 1.61 bits per heavy atom. The molecule has 186 valence electrons. The number of nitrogens with zero attached hydrogens (tertiary/aromatic N) is 1. The number of ether oxygens (including phenoxy) is 2. The minimum atomic E-state index is -1.33. The molecule has 0 saturated carbocycles. The number of rotatable bonds is 5. The number of hydrogen-bond acceptors (Lipinski definition) is 6. The summed E-state index contributed by atoms with van der Waals surface area (Å²) in [6, 6.07) is 7.89. The smallest absolute Gasteiger partial charge is 0.300 e. The van der Waals surface area contributed by atoms with Crippen molar-refractivity contribution < 1.29 is 38.1 Å². The van der Waals surface area contributed by atoms with Gasteiger partial charge in [0.25, 0.3) is 11.7 Å². The number of aromatic hydroxyl groups is 1. The van der Waals surface area contributed by atoms with Gasteiger partial charge in [0.1, 0.15) is 23.0 Å². The van der Waals surface area contributed by atoms with Crippen molar-refractivity contribution in [3.8, 4) is 17.2 Å². The number of halogens is 4. The summed E-state index contributed by atoms with van der Waals surface area (Å²) in [6.45, 7) is 0. The molecule has 1 aliphatic heterocycles. The molecule has 1 heterocycles. The zero-order valence-electron chi connectivity index (χ0n) is 18.7. The lowest BCUT2D eigenvalue weighted by Crippen LogP contribution is -2.29. The van der Waals surface area contributed by atoms with Gasteiger partial charge in [-0.3, -0.25) is 14.5 Å². The van der Waals surface area contributed by atoms with Crippen molar-refractivity contribution in [1.29, 1.82) is 0 Å². The second-order valence-electron chi connectivity index (χ2n) is 7.67. The Balaban J connectivity index is 2.02. The Kier molecular flexibility index (Phi) is 6.79. The molecular formula is C25H17Cl2F2NO6. The van der Waals surface area contributed by atoms with Gasteiger partial charge >= 0.3 is 0 Å². The highest BCUT2D eigenvalue weighted by Gasteiger charge is 2.47. The molecule has 7 nitrogen and oxygen atoms in total. The average molecular weight is 536 g/mol. The average Bonchev–Trinajstić information content (AvgIpc) is 3.12. The van der Waals surface area contributed by atoms with Crippen LogP contribution in [0.5, 0.6) is 17.2 Å². The van der Waals surface area contributed by atoms with Crippen LogP contribution in [0.4, 0.5) is 14.5 Å². The minimum Gasteiger partial charge on any atom is -0.507 e. The van der Waals surface area contributed by atoms with Crippen molar-refractivity contribution in [1.82, 2.24) is 0 Å². The lowest BCUT2D eigenvalue weighted by atomic mass is 9.94. The molecule has 3 aromatic rings. The lowest BCUT2D eigenvalue weighted by Gasteiger charge is -2.26. The van der Waals surface area contributed by atoms with E-state index in [0.717, 1.165) is 23.1 Å². The van der Waals surface area contributed by atoms with Crippen LogP contribution in [0.3, 0.4) is 0 Å². The van der Waals surface area contributed by atoms with Gasteiger partial charge in [0.15, 0.2) is 11.6 Å². The number of aliphatic hydroxyl groups excluding tert-OH is 1. The van der Waals surface area contributed by atoms with Crippen LogP contribution in [0.15, 0.2) is 54.1 Å². The molecule has 0 aliphatic carbocycles. The number of aliphatic hydroxyl groups is 1. The molecular weight excluding hydrogens is 519 g/mol. The second kappa shape index (κ2) is 9.67. The molecule has 36 heavy (non-hydrogen) atoms. The predicted molar refractivity (Wildman–Crippen MR) is 129 cm³/mol. The van der Waals surface area contributed by atoms with Crippen molar-refractivity contribution in [2.75, 3.05) is 19.1 Å². The molecule has 0 aromatic heterocycles. The zero-order valence-corrected chi connectivity index (χ0v) is 20.2. The van der Waals surface area contributed by atoms with Crippen LogP contribution in [0, 0.1) is 11.6 Å². The van der Waals surface area contributed by atoms with Gasteiger partial charge in [-0.15, -0.1) is 0 Å². The highest BCUT2D eigenvalue weighted by atomic mass is 35.5. The molecule has 0 spiro atoms. The number of anilines is 1. The van der Waals surface area contributed by atoms with Crippen molar-refractivity contribution in [2.24, 2.45) is 0 Å². The maximum absolute atomic E-state index is 14.1. The number of benzene rings is 3. The number of hydrogen-bond donors (Lipinski definition) is 2. The van der Waals surface area contributed by atoms with Crippen LogP contribution in [-0.2, 0) is 9.59 Å². The van der Waals surface area contributed by atoms with Gasteiger partial charge in [-0.25, -0.2) is 8.78 Å². The van der Waals surface area contributed by atoms with Crippen molar-refractivity contribution in [2.45, 2.75) is 6.04 Å². The van der Waals surface area contributed by atoms with Crippen LogP contribution in [-0.4, -0.2) is 36.1 Å². The first-order chi connectivity index (χ1) is 17.1. The van der Waals surface area contributed by atoms with E-state index in [1.165, 1.54) is 44.6 Å². The van der Waals surface area contributed by atoms with Crippen molar-refractivity contribution in [3.05, 3.63) is 86.9 Å². The highest BCUT2D eigenvalue weighted by Crippen LogP contribution is 2.45. The first kappa shape index (κ1) is 25.3. The zero-order chi connectivity index (χ0) is 26.3. The summed E-state index contributed by atoms with van der Waals surface area (Å²) >= 11 is 12.3. The quantitative estimate of drug-likeness (QED) is 0.250. The molecule has 0 radical (unpaired) electrons. The van der Waals surface area contributed by atoms with E-state index < -0.39 is 40.7 Å². The monoisotopic (exact) mass is 535 g/mol. The molecule has 1 amide bonds. The van der Waals surface area contributed by atoms with Crippen LogP contribution in [0.25, 0.3) is 5.76 Å². The third-order valence-corrected chi connectivity index (χ3v) is 6.24. The third-order valence-electron chi connectivity index (χ3n) is 5.64. The van der Waals surface area contributed by atoms with Crippen LogP contribution < -0.4 is 14.4 Å². The molecule has 1 saturated heterocycles. The predicted octanol–water partition coefficient (Wildman–Crippen LogP) is 5.62. The van der Waals surface area contributed by atoms with Gasteiger partial charge in [0.2, 0.25) is 0 Å². The summed E-state index contributed by atoms with van der Waals surface area (Å²) in [5, 5.41) is 21.2. The topological polar surface area (TPSA) is 96.3 Å². The van der Waals surface area contributed by atoms with Crippen LogP contribution >= 0.6 is 23.2 Å². The van der Waals surface area contributed by atoms with Crippen molar-refractivity contribution >= 4 is 46.3 Å². The maximum Gasteiger partial charge on any atom is 0.300 e. The van der Waals surface area contributed by atoms with Gasteiger partial charge in [-0.05, 0) is 35.9 Å². The lowest BCUT2D eigenvalue weighted by molar-refractivity contribution is -0.132. The fraction of sp³-hybridized carbons (Fsp3) is 0.120. The largest absolute Gasteiger partial charge is 0.507 e. The number of carbonyl (C=O) groups excluding carboxylic acids is 2. The third kappa shape index (κ3) is 4.20. The summed E-state index contributed by atoms with van der Waals surface area (Å²) in [7, 11) is 2.69. The van der Waals surface area contributed by atoms with Crippen molar-refractivity contribution in [3.63, 3.8) is 0 Å². The number of phenolic OH excluding ortho intramolecular Hbond substituents is 1. The Morgan fingerprint density at radius 3 is 2.22 bits per heavy atom. The standard InChI is InChI=1S/C25H17Cl2F2NO6/c1-35-19-10-20(36-2)15(27)9-13(19)23(32)21-22(11-3-6-18(31)14(26)7-11)30(25(34)24(21)33)12-4-5-16(28)17(29)8-12/h3-10,22,31-32H,1-2H3/b23-21+. The summed E-state index contributed by atoms with van der Waals surface area (Å²) in [5.74, 6) is -5.24. The maximum atomic E-state index is 14.1. The molecule has 4 rings (SSSR count). The Morgan fingerprint density at radius 1 is 0.917 bits per heavy atom. The molecule has 1 atom stereocenters. The summed E-state index contributed by atoms with van der Waals surface area (Å²) in [5.41, 5.74) is -0.377. The number of amides is 1. The van der Waals surface area contributed by atoms with Gasteiger partial charge in [-0.1, -0.05) is 29.3 Å². The first-order valence-corrected chi connectivity index (χ1v) is 11.0. The SMILES string of the molecule is COc1cc(OC)c(/C(O)=C2\C(=O)C(=O)N(c3ccc(F)c(F)c3)C2c2ccc(O)c(Cl)c2)cc1Cl. The van der Waals surface area contributed by atoms with E-state index in [9.17, 15) is 28.6 Å². The molecule has 3 aromatic carbocycles. The molecule has 1 aliphatic rings. The van der Waals surface area contributed by atoms with Crippen LogP contribution in [0.2, 0.25) is 10.0 Å². The number of phenols is 1. The second-order valence-corrected chi connectivity index (χ2v) is 8.48. The van der Waals surface area contributed by atoms with Gasteiger partial charge in [0.05, 0.1) is 41.4 Å². The molecule has 2 N–H and O–H groups in total. The fourth-order valence-electron chi connectivity index (χ4n) is 3.93. The minimum absolute atomic E-state index is 0.0264. The molecule has 1 unspecified atom stereocenters. The molecule has 11 heteroatoms. The first-order valence-electron chi connectivity index (χ1n) is 10.2. The van der Waals surface area contributed by atoms with E-state index in [-0.39, 0.29) is 44.1 Å². The van der Waals surface area contributed by atoms with E-state index in [1.54, 1.807) is 0 Å². The highest BCUT2D eigenvalue weighted by molar-refractivity contribution is 6.51. The number of ketones is 1. The molecule has 1 fully saturated rings. The number of methoxy groups -OCH3 is 2. The Labute approximate surface area is 213 Å². The Bertz CT molecular complexity index is 1440. The summed E-state index contributed by atoms with van der Waals surface area (Å²) in [4.78, 5) is 27.3. The van der Waals surface area contributed by atoms with E-state index in [4.69, 9.17) is 32.7 Å². The molecule has 0 bridgehead atoms. The van der Waals surface area contributed by atoms with E-state index >= 15 is 0 Å². The van der Waals surface area contributed by atoms with Gasteiger partial charge < -0.3 is 19.7 Å². The normalized spacial score (nSPS) is 16.9. The summed E-state index contributed by atoms with van der Waals surface area (Å²) in [6.07, 6.45) is 0. The Hall–Kier alpha value is -3.82. The number of carbonyl (C=O) groups is 2. The van der Waals surface area contributed by atoms with Crippen LogP contribution in [0.1, 0.15) is 17.2 Å². The van der Waals surface area contributed by atoms with E-state index in [2.05, 4.69) is 0 Å².